The van der Waals surface area contributed by atoms with E-state index in [1.54, 1.807) is 24.3 Å². The minimum Gasteiger partial charge on any atom is -0.386 e. The molecule has 37 heavy (non-hydrogen) atoms. The number of halogens is 6. The van der Waals surface area contributed by atoms with Gasteiger partial charge in [0.1, 0.15) is 6.10 Å². The molecule has 0 aliphatic rings. The first-order valence-electron chi connectivity index (χ1n) is 11.2. The molecule has 192 valence electrons. The molecular formula is C28H21F6NO2. The molecule has 9 heteroatoms. The first kappa shape index (κ1) is 26.2. The van der Waals surface area contributed by atoms with Crippen molar-refractivity contribution in [2.24, 2.45) is 0 Å². The van der Waals surface area contributed by atoms with E-state index in [4.69, 9.17) is 0 Å². The number of aliphatic hydroxyl groups excluding tert-OH is 1. The van der Waals surface area contributed by atoms with Crippen LogP contribution in [0.4, 0.5) is 26.3 Å². The molecule has 4 aromatic rings. The molecule has 3 nitrogen and oxygen atoms in total. The molecule has 0 aromatic heterocycles. The number of hydrogen-bond acceptors (Lipinski definition) is 2. The van der Waals surface area contributed by atoms with Gasteiger partial charge in [-0.25, -0.2) is 0 Å². The smallest absolute Gasteiger partial charge is 0.386 e. The number of nitrogens with one attached hydrogen (secondary N) is 1. The largest absolute Gasteiger partial charge is 0.416 e. The lowest BCUT2D eigenvalue weighted by Crippen LogP contribution is -2.41. The van der Waals surface area contributed by atoms with Gasteiger partial charge in [-0.15, -0.1) is 0 Å². The summed E-state index contributed by atoms with van der Waals surface area (Å²) < 4.78 is 77.6. The summed E-state index contributed by atoms with van der Waals surface area (Å²) in [6.45, 7) is 0. The predicted octanol–water partition coefficient (Wildman–Crippen LogP) is 6.95. The van der Waals surface area contributed by atoms with Crippen LogP contribution in [0.15, 0.2) is 91.0 Å². The highest BCUT2D eigenvalue weighted by Gasteiger charge is 2.32. The van der Waals surface area contributed by atoms with Crippen LogP contribution in [-0.2, 0) is 18.8 Å². The normalized spacial score (nSPS) is 13.8. The van der Waals surface area contributed by atoms with Crippen LogP contribution >= 0.6 is 0 Å². The minimum absolute atomic E-state index is 0.0328. The third kappa shape index (κ3) is 6.11. The van der Waals surface area contributed by atoms with E-state index >= 15 is 0 Å². The maximum absolute atomic E-state index is 13.0. The molecule has 2 atom stereocenters. The van der Waals surface area contributed by atoms with E-state index in [0.29, 0.717) is 11.1 Å². The number of carbonyl (C=O) groups excluding carboxylic acids is 1. The molecule has 2 N–H and O–H groups in total. The Morgan fingerprint density at radius 2 is 1.27 bits per heavy atom. The first-order valence-corrected chi connectivity index (χ1v) is 11.2. The van der Waals surface area contributed by atoms with E-state index < -0.39 is 41.5 Å². The number of benzene rings is 4. The zero-order valence-corrected chi connectivity index (χ0v) is 19.1. The third-order valence-corrected chi connectivity index (χ3v) is 6.05. The lowest BCUT2D eigenvalue weighted by atomic mass is 9.92. The summed E-state index contributed by atoms with van der Waals surface area (Å²) in [4.78, 5) is 12.9. The van der Waals surface area contributed by atoms with E-state index in [9.17, 15) is 36.2 Å². The molecular weight excluding hydrogens is 496 g/mol. The Bertz CT molecular complexity index is 1370. The van der Waals surface area contributed by atoms with Gasteiger partial charge < -0.3 is 10.4 Å². The third-order valence-electron chi connectivity index (χ3n) is 6.05. The number of alkyl halides is 6. The van der Waals surface area contributed by atoms with Gasteiger partial charge in [-0.05, 0) is 64.7 Å². The van der Waals surface area contributed by atoms with Crippen LogP contribution in [0.1, 0.15) is 38.7 Å². The van der Waals surface area contributed by atoms with Gasteiger partial charge in [0.2, 0.25) is 0 Å². The van der Waals surface area contributed by atoms with Gasteiger partial charge in [-0.2, -0.15) is 26.3 Å². The molecule has 0 heterocycles. The summed E-state index contributed by atoms with van der Waals surface area (Å²) in [6.07, 6.45) is -10.4. The average Bonchev–Trinajstić information content (AvgIpc) is 2.87. The van der Waals surface area contributed by atoms with E-state index in [1.165, 1.54) is 12.1 Å². The van der Waals surface area contributed by atoms with Crippen molar-refractivity contribution in [1.82, 2.24) is 5.32 Å². The average molecular weight is 517 g/mol. The highest BCUT2D eigenvalue weighted by molar-refractivity contribution is 5.94. The molecule has 0 saturated heterocycles. The van der Waals surface area contributed by atoms with Crippen LogP contribution in [0.5, 0.6) is 0 Å². The number of carbonyl (C=O) groups is 1. The molecule has 4 rings (SSSR count). The van der Waals surface area contributed by atoms with Crippen LogP contribution in [0.2, 0.25) is 0 Å². The van der Waals surface area contributed by atoms with Crippen molar-refractivity contribution in [3.63, 3.8) is 0 Å². The van der Waals surface area contributed by atoms with Gasteiger partial charge >= 0.3 is 12.4 Å². The Labute approximate surface area is 208 Å². The summed E-state index contributed by atoms with van der Waals surface area (Å²) in [6, 6.07) is 19.4. The molecule has 2 unspecified atom stereocenters. The lowest BCUT2D eigenvalue weighted by Gasteiger charge is -2.26. The number of amides is 1. The van der Waals surface area contributed by atoms with Crippen molar-refractivity contribution >= 4 is 16.7 Å². The standard InChI is InChI=1S/C28H21F6NO2/c29-27(30,31)20-12-8-17(9-13-20)16-24(25(36)23-7-3-5-18-4-1-2-6-22(18)23)35-26(37)19-10-14-21(15-11-19)28(32,33)34/h1-15,24-25,36H,16H2,(H,35,37). The number of fused-ring (bicyclic) bond motifs is 1. The number of hydrogen-bond donors (Lipinski definition) is 2. The van der Waals surface area contributed by atoms with Crippen LogP contribution < -0.4 is 5.32 Å². The van der Waals surface area contributed by atoms with Crippen molar-refractivity contribution < 1.29 is 36.2 Å². The van der Waals surface area contributed by atoms with E-state index in [2.05, 4.69) is 5.32 Å². The fraction of sp³-hybridized carbons (Fsp3) is 0.179. The maximum Gasteiger partial charge on any atom is 0.416 e. The fourth-order valence-electron chi connectivity index (χ4n) is 4.11. The minimum atomic E-state index is -4.56. The number of rotatable bonds is 6. The molecule has 0 spiro atoms. The lowest BCUT2D eigenvalue weighted by molar-refractivity contribution is -0.138. The highest BCUT2D eigenvalue weighted by atomic mass is 19.4. The van der Waals surface area contributed by atoms with Crippen molar-refractivity contribution in [3.05, 3.63) is 119 Å². The first-order chi connectivity index (χ1) is 17.4. The molecule has 0 radical (unpaired) electrons. The van der Waals surface area contributed by atoms with Crippen LogP contribution in [0.3, 0.4) is 0 Å². The molecule has 0 saturated carbocycles. The second-order valence-electron chi connectivity index (χ2n) is 8.57. The van der Waals surface area contributed by atoms with Gasteiger partial charge in [0.05, 0.1) is 17.2 Å². The van der Waals surface area contributed by atoms with E-state index in [0.717, 1.165) is 47.2 Å². The van der Waals surface area contributed by atoms with Crippen LogP contribution in [0.25, 0.3) is 10.8 Å². The predicted molar refractivity (Wildman–Crippen MR) is 127 cm³/mol. The summed E-state index contributed by atoms with van der Waals surface area (Å²) >= 11 is 0. The molecule has 0 bridgehead atoms. The zero-order valence-electron chi connectivity index (χ0n) is 19.1. The van der Waals surface area contributed by atoms with Gasteiger partial charge in [0.15, 0.2) is 0 Å². The summed E-state index contributed by atoms with van der Waals surface area (Å²) in [5.74, 6) is -0.732. The van der Waals surface area contributed by atoms with Gasteiger partial charge in [-0.3, -0.25) is 4.79 Å². The Kier molecular flexibility index (Phi) is 7.27. The molecule has 0 aliphatic carbocycles. The second-order valence-corrected chi connectivity index (χ2v) is 8.57. The quantitative estimate of drug-likeness (QED) is 0.272. The van der Waals surface area contributed by atoms with Gasteiger partial charge in [0.25, 0.3) is 5.91 Å². The van der Waals surface area contributed by atoms with Crippen LogP contribution in [0, 0.1) is 0 Å². The van der Waals surface area contributed by atoms with E-state index in [1.807, 2.05) is 18.2 Å². The van der Waals surface area contributed by atoms with Crippen LogP contribution in [-0.4, -0.2) is 17.1 Å². The second kappa shape index (κ2) is 10.3. The SMILES string of the molecule is O=C(NC(Cc1ccc(C(F)(F)F)cc1)C(O)c1cccc2ccccc12)c1ccc(C(F)(F)F)cc1. The zero-order chi connectivity index (χ0) is 26.8. The Balaban J connectivity index is 1.65. The van der Waals surface area contributed by atoms with E-state index in [-0.39, 0.29) is 12.0 Å². The number of aliphatic hydroxyl groups is 1. The van der Waals surface area contributed by atoms with Crippen molar-refractivity contribution in [2.75, 3.05) is 0 Å². The van der Waals surface area contributed by atoms with Crippen molar-refractivity contribution in [3.8, 4) is 0 Å². The monoisotopic (exact) mass is 517 g/mol. The van der Waals surface area contributed by atoms with Gasteiger partial charge in [0, 0.05) is 5.56 Å². The van der Waals surface area contributed by atoms with Gasteiger partial charge in [-0.1, -0.05) is 54.6 Å². The van der Waals surface area contributed by atoms with Crippen molar-refractivity contribution in [1.29, 1.82) is 0 Å². The Morgan fingerprint density at radius 1 is 0.730 bits per heavy atom. The Hall–Kier alpha value is -3.85. The summed E-state index contributed by atoms with van der Waals surface area (Å²) in [5.41, 5.74) is -0.902. The summed E-state index contributed by atoms with van der Waals surface area (Å²) in [7, 11) is 0. The molecule has 0 aliphatic heterocycles. The molecule has 1 amide bonds. The summed E-state index contributed by atoms with van der Waals surface area (Å²) in [5, 5.41) is 15.5. The Morgan fingerprint density at radius 3 is 1.86 bits per heavy atom. The molecule has 0 fully saturated rings. The maximum atomic E-state index is 13.0. The topological polar surface area (TPSA) is 49.3 Å². The highest BCUT2D eigenvalue weighted by Crippen LogP contribution is 2.32. The molecule has 4 aromatic carbocycles. The van der Waals surface area contributed by atoms with Crippen molar-refractivity contribution in [2.45, 2.75) is 30.9 Å². The fourth-order valence-corrected chi connectivity index (χ4v) is 4.11.